The highest BCUT2D eigenvalue weighted by molar-refractivity contribution is 5.29. The molecule has 2 unspecified atom stereocenters. The standard InChI is InChI=1S/C18H31N/c1-8-19-17(14(4)13(2)3)15-9-11-16(12-10-15)18(5,6)7/h9-14,17,19H,8H2,1-7H3. The van der Waals surface area contributed by atoms with E-state index < -0.39 is 0 Å². The molecule has 1 heteroatoms. The molecular formula is C18H31N. The van der Waals surface area contributed by atoms with Gasteiger partial charge in [0.15, 0.2) is 0 Å². The van der Waals surface area contributed by atoms with Gasteiger partial charge in [-0.15, -0.1) is 0 Å². The van der Waals surface area contributed by atoms with E-state index in [2.05, 4.69) is 78.0 Å². The zero-order valence-electron chi connectivity index (χ0n) is 13.7. The molecule has 0 aromatic heterocycles. The molecule has 0 saturated heterocycles. The van der Waals surface area contributed by atoms with Crippen LogP contribution in [-0.2, 0) is 5.41 Å². The highest BCUT2D eigenvalue weighted by atomic mass is 14.9. The fraction of sp³-hybridized carbons (Fsp3) is 0.667. The molecule has 0 saturated carbocycles. The van der Waals surface area contributed by atoms with Crippen LogP contribution in [0.25, 0.3) is 0 Å². The van der Waals surface area contributed by atoms with Gasteiger partial charge < -0.3 is 5.32 Å². The van der Waals surface area contributed by atoms with Crippen molar-refractivity contribution < 1.29 is 0 Å². The van der Waals surface area contributed by atoms with Crippen molar-refractivity contribution in [3.05, 3.63) is 35.4 Å². The van der Waals surface area contributed by atoms with Crippen LogP contribution in [0.15, 0.2) is 24.3 Å². The Kier molecular flexibility index (Phi) is 5.61. The molecule has 19 heavy (non-hydrogen) atoms. The van der Waals surface area contributed by atoms with Crippen LogP contribution in [0.4, 0.5) is 0 Å². The molecule has 1 nitrogen and oxygen atoms in total. The third-order valence-corrected chi connectivity index (χ3v) is 4.14. The van der Waals surface area contributed by atoms with Crippen molar-refractivity contribution >= 4 is 0 Å². The first-order valence-electron chi connectivity index (χ1n) is 7.61. The maximum atomic E-state index is 3.64. The molecule has 0 radical (unpaired) electrons. The maximum absolute atomic E-state index is 3.64. The minimum absolute atomic E-state index is 0.232. The fourth-order valence-electron chi connectivity index (χ4n) is 2.40. The van der Waals surface area contributed by atoms with Gasteiger partial charge >= 0.3 is 0 Å². The van der Waals surface area contributed by atoms with Crippen molar-refractivity contribution in [2.45, 2.75) is 59.9 Å². The van der Waals surface area contributed by atoms with Gasteiger partial charge in [0.2, 0.25) is 0 Å². The highest BCUT2D eigenvalue weighted by Crippen LogP contribution is 2.29. The largest absolute Gasteiger partial charge is 0.310 e. The summed E-state index contributed by atoms with van der Waals surface area (Å²) in [5, 5.41) is 3.64. The van der Waals surface area contributed by atoms with Crippen LogP contribution in [-0.4, -0.2) is 6.54 Å². The van der Waals surface area contributed by atoms with E-state index in [0.717, 1.165) is 6.54 Å². The van der Waals surface area contributed by atoms with Gasteiger partial charge in [0.1, 0.15) is 0 Å². The Morgan fingerprint density at radius 2 is 1.53 bits per heavy atom. The summed E-state index contributed by atoms with van der Waals surface area (Å²) in [5.41, 5.74) is 3.05. The second-order valence-electron chi connectivity index (χ2n) is 7.01. The van der Waals surface area contributed by atoms with Crippen molar-refractivity contribution in [3.8, 4) is 0 Å². The number of nitrogens with one attached hydrogen (secondary N) is 1. The summed E-state index contributed by atoms with van der Waals surface area (Å²) in [6, 6.07) is 9.62. The van der Waals surface area contributed by atoms with Crippen molar-refractivity contribution in [1.29, 1.82) is 0 Å². The number of hydrogen-bond acceptors (Lipinski definition) is 1. The van der Waals surface area contributed by atoms with E-state index in [1.165, 1.54) is 11.1 Å². The highest BCUT2D eigenvalue weighted by Gasteiger charge is 2.21. The summed E-state index contributed by atoms with van der Waals surface area (Å²) in [6.07, 6.45) is 0. The molecule has 1 aromatic carbocycles. The Balaban J connectivity index is 2.98. The first kappa shape index (κ1) is 16.2. The molecule has 0 aliphatic heterocycles. The monoisotopic (exact) mass is 261 g/mol. The smallest absolute Gasteiger partial charge is 0.0348 e. The molecule has 0 spiro atoms. The maximum Gasteiger partial charge on any atom is 0.0348 e. The summed E-state index contributed by atoms with van der Waals surface area (Å²) in [4.78, 5) is 0. The second-order valence-corrected chi connectivity index (χ2v) is 7.01. The van der Waals surface area contributed by atoms with E-state index in [0.29, 0.717) is 17.9 Å². The van der Waals surface area contributed by atoms with E-state index in [1.54, 1.807) is 0 Å². The summed E-state index contributed by atoms with van der Waals surface area (Å²) in [5.74, 6) is 1.33. The van der Waals surface area contributed by atoms with Gasteiger partial charge in [0, 0.05) is 6.04 Å². The third-order valence-electron chi connectivity index (χ3n) is 4.14. The molecule has 0 aliphatic rings. The van der Waals surface area contributed by atoms with Gasteiger partial charge in [-0.3, -0.25) is 0 Å². The number of benzene rings is 1. The van der Waals surface area contributed by atoms with Crippen LogP contribution in [0.1, 0.15) is 65.6 Å². The Morgan fingerprint density at radius 1 is 1.00 bits per heavy atom. The number of hydrogen-bond donors (Lipinski definition) is 1. The Labute approximate surface area is 119 Å². The zero-order chi connectivity index (χ0) is 14.6. The molecular weight excluding hydrogens is 230 g/mol. The third kappa shape index (κ3) is 4.35. The molecule has 108 valence electrons. The summed E-state index contributed by atoms with van der Waals surface area (Å²) in [6.45, 7) is 16.9. The van der Waals surface area contributed by atoms with Gasteiger partial charge in [0.05, 0.1) is 0 Å². The molecule has 0 amide bonds. The fourth-order valence-corrected chi connectivity index (χ4v) is 2.40. The second kappa shape index (κ2) is 6.56. The van der Waals surface area contributed by atoms with Gasteiger partial charge in [-0.05, 0) is 34.9 Å². The Morgan fingerprint density at radius 3 is 1.89 bits per heavy atom. The molecule has 1 aromatic rings. The van der Waals surface area contributed by atoms with Crippen molar-refractivity contribution in [1.82, 2.24) is 5.32 Å². The Bertz CT molecular complexity index is 370. The van der Waals surface area contributed by atoms with E-state index in [4.69, 9.17) is 0 Å². The summed E-state index contributed by atoms with van der Waals surface area (Å²) < 4.78 is 0. The van der Waals surface area contributed by atoms with Crippen molar-refractivity contribution in [3.63, 3.8) is 0 Å². The van der Waals surface area contributed by atoms with Gasteiger partial charge in [-0.25, -0.2) is 0 Å². The van der Waals surface area contributed by atoms with Crippen LogP contribution in [0.2, 0.25) is 0 Å². The lowest BCUT2D eigenvalue weighted by molar-refractivity contribution is 0.307. The SMILES string of the molecule is CCNC(c1ccc(C(C)(C)C)cc1)C(C)C(C)C. The van der Waals surface area contributed by atoms with Crippen LogP contribution >= 0.6 is 0 Å². The summed E-state index contributed by atoms with van der Waals surface area (Å²) in [7, 11) is 0. The molecule has 1 rings (SSSR count). The molecule has 1 N–H and O–H groups in total. The van der Waals surface area contributed by atoms with Gasteiger partial charge in [-0.1, -0.05) is 72.7 Å². The summed E-state index contributed by atoms with van der Waals surface area (Å²) >= 11 is 0. The predicted molar refractivity (Wildman–Crippen MR) is 85.6 cm³/mol. The minimum Gasteiger partial charge on any atom is -0.310 e. The first-order chi connectivity index (χ1) is 8.77. The van der Waals surface area contributed by atoms with Crippen molar-refractivity contribution in [2.75, 3.05) is 6.54 Å². The minimum atomic E-state index is 0.232. The zero-order valence-corrected chi connectivity index (χ0v) is 13.7. The van der Waals surface area contributed by atoms with Crippen LogP contribution in [0.3, 0.4) is 0 Å². The average molecular weight is 261 g/mol. The first-order valence-corrected chi connectivity index (χ1v) is 7.61. The Hall–Kier alpha value is -0.820. The van der Waals surface area contributed by atoms with E-state index in [1.807, 2.05) is 0 Å². The van der Waals surface area contributed by atoms with E-state index in [-0.39, 0.29) is 5.41 Å². The molecule has 0 aliphatic carbocycles. The number of rotatable bonds is 5. The predicted octanol–water partition coefficient (Wildman–Crippen LogP) is 4.93. The molecule has 2 atom stereocenters. The lowest BCUT2D eigenvalue weighted by Gasteiger charge is -2.29. The normalized spacial score (nSPS) is 15.6. The van der Waals surface area contributed by atoms with E-state index >= 15 is 0 Å². The van der Waals surface area contributed by atoms with E-state index in [9.17, 15) is 0 Å². The van der Waals surface area contributed by atoms with Crippen molar-refractivity contribution in [2.24, 2.45) is 11.8 Å². The van der Waals surface area contributed by atoms with Crippen LogP contribution < -0.4 is 5.32 Å². The average Bonchev–Trinajstić information content (AvgIpc) is 2.34. The lowest BCUT2D eigenvalue weighted by atomic mass is 9.83. The molecule has 0 bridgehead atoms. The van der Waals surface area contributed by atoms with Crippen LogP contribution in [0, 0.1) is 11.8 Å². The van der Waals surface area contributed by atoms with Gasteiger partial charge in [-0.2, -0.15) is 0 Å². The molecule has 0 fully saturated rings. The quantitative estimate of drug-likeness (QED) is 0.792. The molecule has 0 heterocycles. The lowest BCUT2D eigenvalue weighted by Crippen LogP contribution is -2.29. The topological polar surface area (TPSA) is 12.0 Å². The van der Waals surface area contributed by atoms with Gasteiger partial charge in [0.25, 0.3) is 0 Å². The van der Waals surface area contributed by atoms with Crippen LogP contribution in [0.5, 0.6) is 0 Å².